The van der Waals surface area contributed by atoms with Crippen molar-refractivity contribution >= 4 is 15.7 Å². The van der Waals surface area contributed by atoms with E-state index in [1.807, 2.05) is 13.8 Å². The van der Waals surface area contributed by atoms with Crippen LogP contribution < -0.4 is 15.2 Å². The number of nitro benzene ring substituents is 1. The van der Waals surface area contributed by atoms with Crippen LogP contribution in [0.5, 0.6) is 5.75 Å². The van der Waals surface area contributed by atoms with Crippen LogP contribution in [0.2, 0.25) is 0 Å². The smallest absolute Gasteiger partial charge is 0.273 e. The first kappa shape index (κ1) is 19.3. The van der Waals surface area contributed by atoms with E-state index in [-0.39, 0.29) is 28.8 Å². The molecule has 0 fully saturated rings. The lowest BCUT2D eigenvalue weighted by Gasteiger charge is -2.31. The molecule has 8 nitrogen and oxygen atoms in total. The monoisotopic (exact) mass is 345 g/mol. The lowest BCUT2D eigenvalue weighted by Crippen LogP contribution is -2.52. The molecule has 0 bridgehead atoms. The van der Waals surface area contributed by atoms with Crippen LogP contribution in [0.4, 0.5) is 5.69 Å². The van der Waals surface area contributed by atoms with Crippen LogP contribution in [0.15, 0.2) is 23.1 Å². The Hall–Kier alpha value is -1.71. The number of methoxy groups -OCH3 is 1. The predicted octanol–water partition coefficient (Wildman–Crippen LogP) is 1.65. The molecular weight excluding hydrogens is 322 g/mol. The molecule has 3 N–H and O–H groups in total. The number of rotatable bonds is 8. The molecule has 23 heavy (non-hydrogen) atoms. The largest absolute Gasteiger partial charge is 0.495 e. The Balaban J connectivity index is 3.25. The van der Waals surface area contributed by atoms with Crippen molar-refractivity contribution in [2.24, 2.45) is 11.7 Å². The summed E-state index contributed by atoms with van der Waals surface area (Å²) in [5, 5.41) is 10.8. The highest BCUT2D eigenvalue weighted by atomic mass is 32.2. The number of nitro groups is 1. The summed E-state index contributed by atoms with van der Waals surface area (Å²) in [5.74, 6) is 0.153. The van der Waals surface area contributed by atoms with Gasteiger partial charge in [0.1, 0.15) is 10.6 Å². The van der Waals surface area contributed by atoms with Crippen molar-refractivity contribution < 1.29 is 18.1 Å². The summed E-state index contributed by atoms with van der Waals surface area (Å²) < 4.78 is 32.8. The molecule has 0 amide bonds. The van der Waals surface area contributed by atoms with Crippen molar-refractivity contribution in [1.82, 2.24) is 4.72 Å². The van der Waals surface area contributed by atoms with Crippen molar-refractivity contribution in [3.05, 3.63) is 28.3 Å². The van der Waals surface area contributed by atoms with Gasteiger partial charge in [0.2, 0.25) is 10.0 Å². The number of hydrogen-bond acceptors (Lipinski definition) is 6. The van der Waals surface area contributed by atoms with Crippen LogP contribution in [0, 0.1) is 16.0 Å². The highest BCUT2D eigenvalue weighted by molar-refractivity contribution is 7.89. The van der Waals surface area contributed by atoms with E-state index >= 15 is 0 Å². The van der Waals surface area contributed by atoms with E-state index in [1.54, 1.807) is 6.92 Å². The molecule has 0 spiro atoms. The number of benzene rings is 1. The molecule has 0 aliphatic heterocycles. The fourth-order valence-electron chi connectivity index (χ4n) is 2.44. The van der Waals surface area contributed by atoms with Gasteiger partial charge in [-0.1, -0.05) is 13.8 Å². The second-order valence-corrected chi connectivity index (χ2v) is 7.71. The molecule has 0 saturated heterocycles. The number of sulfonamides is 1. The van der Waals surface area contributed by atoms with Crippen molar-refractivity contribution in [2.45, 2.75) is 37.6 Å². The van der Waals surface area contributed by atoms with Gasteiger partial charge >= 0.3 is 0 Å². The average Bonchev–Trinajstić information content (AvgIpc) is 2.44. The first-order chi connectivity index (χ1) is 10.5. The van der Waals surface area contributed by atoms with E-state index in [9.17, 15) is 18.5 Å². The Kier molecular flexibility index (Phi) is 6.09. The minimum Gasteiger partial charge on any atom is -0.495 e. The molecule has 0 aromatic heterocycles. The Morgan fingerprint density at radius 1 is 1.43 bits per heavy atom. The molecule has 0 heterocycles. The van der Waals surface area contributed by atoms with Gasteiger partial charge < -0.3 is 10.5 Å². The molecule has 1 rings (SSSR count). The van der Waals surface area contributed by atoms with Gasteiger partial charge in [0.25, 0.3) is 5.69 Å². The van der Waals surface area contributed by atoms with E-state index in [0.717, 1.165) is 18.2 Å². The van der Waals surface area contributed by atoms with Gasteiger partial charge in [0.15, 0.2) is 0 Å². The summed E-state index contributed by atoms with van der Waals surface area (Å²) in [6, 6.07) is 3.36. The average molecular weight is 345 g/mol. The molecule has 130 valence electrons. The molecule has 0 radical (unpaired) electrons. The van der Waals surface area contributed by atoms with Gasteiger partial charge in [0, 0.05) is 18.2 Å². The maximum absolute atomic E-state index is 12.6. The summed E-state index contributed by atoms with van der Waals surface area (Å²) in [6.07, 6.45) is 0.554. The van der Waals surface area contributed by atoms with E-state index in [1.165, 1.54) is 7.11 Å². The van der Waals surface area contributed by atoms with Crippen LogP contribution >= 0.6 is 0 Å². The van der Waals surface area contributed by atoms with E-state index in [0.29, 0.717) is 6.42 Å². The SMILES string of the molecule is COc1cc([N+](=O)[O-])ccc1S(=O)(=O)NC(C)(CN)CC(C)C. The van der Waals surface area contributed by atoms with Crippen molar-refractivity contribution in [1.29, 1.82) is 0 Å². The maximum Gasteiger partial charge on any atom is 0.273 e. The van der Waals surface area contributed by atoms with Crippen LogP contribution in [-0.2, 0) is 10.0 Å². The number of nitrogens with zero attached hydrogens (tertiary/aromatic N) is 1. The zero-order valence-electron chi connectivity index (χ0n) is 13.7. The minimum absolute atomic E-state index is 0.0874. The lowest BCUT2D eigenvalue weighted by molar-refractivity contribution is -0.385. The van der Waals surface area contributed by atoms with Crippen LogP contribution in [0.1, 0.15) is 27.2 Å². The normalized spacial score (nSPS) is 14.5. The summed E-state index contributed by atoms with van der Waals surface area (Å²) in [7, 11) is -2.68. The zero-order chi connectivity index (χ0) is 17.8. The summed E-state index contributed by atoms with van der Waals surface area (Å²) in [5.41, 5.74) is 4.66. The third-order valence-electron chi connectivity index (χ3n) is 3.34. The van der Waals surface area contributed by atoms with Gasteiger partial charge in [-0.05, 0) is 25.3 Å². The highest BCUT2D eigenvalue weighted by Gasteiger charge is 2.32. The Bertz CT molecular complexity index is 675. The summed E-state index contributed by atoms with van der Waals surface area (Å²) in [4.78, 5) is 10.0. The third kappa shape index (κ3) is 4.88. The highest BCUT2D eigenvalue weighted by Crippen LogP contribution is 2.29. The lowest BCUT2D eigenvalue weighted by atomic mass is 9.92. The molecule has 0 aliphatic rings. The first-order valence-corrected chi connectivity index (χ1v) is 8.59. The topological polar surface area (TPSA) is 125 Å². The van der Waals surface area contributed by atoms with Gasteiger partial charge in [-0.25, -0.2) is 13.1 Å². The minimum atomic E-state index is -3.94. The second-order valence-electron chi connectivity index (χ2n) is 6.06. The molecule has 1 aromatic carbocycles. The maximum atomic E-state index is 12.6. The van der Waals surface area contributed by atoms with Gasteiger partial charge in [-0.3, -0.25) is 10.1 Å². The number of nitrogens with one attached hydrogen (secondary N) is 1. The van der Waals surface area contributed by atoms with Crippen molar-refractivity contribution in [2.75, 3.05) is 13.7 Å². The summed E-state index contributed by atoms with van der Waals surface area (Å²) >= 11 is 0. The molecule has 0 saturated carbocycles. The van der Waals surface area contributed by atoms with E-state index in [2.05, 4.69) is 4.72 Å². The van der Waals surface area contributed by atoms with Crippen LogP contribution in [0.3, 0.4) is 0 Å². The van der Waals surface area contributed by atoms with Crippen LogP contribution in [-0.4, -0.2) is 32.5 Å². The van der Waals surface area contributed by atoms with Crippen molar-refractivity contribution in [3.8, 4) is 5.75 Å². The first-order valence-electron chi connectivity index (χ1n) is 7.11. The predicted molar refractivity (Wildman–Crippen MR) is 86.9 cm³/mol. The Morgan fingerprint density at radius 3 is 2.48 bits per heavy atom. The number of non-ortho nitro benzene ring substituents is 1. The van der Waals surface area contributed by atoms with E-state index < -0.39 is 20.5 Å². The van der Waals surface area contributed by atoms with Gasteiger partial charge in [-0.15, -0.1) is 0 Å². The van der Waals surface area contributed by atoms with Crippen LogP contribution in [0.25, 0.3) is 0 Å². The molecular formula is C14H23N3O5S. The number of ether oxygens (including phenoxy) is 1. The molecule has 0 aliphatic carbocycles. The molecule has 1 unspecified atom stereocenters. The van der Waals surface area contributed by atoms with E-state index in [4.69, 9.17) is 10.5 Å². The number of hydrogen-bond donors (Lipinski definition) is 2. The fourth-order valence-corrected chi connectivity index (χ4v) is 4.02. The van der Waals surface area contributed by atoms with Crippen molar-refractivity contribution in [3.63, 3.8) is 0 Å². The summed E-state index contributed by atoms with van der Waals surface area (Å²) in [6.45, 7) is 5.78. The quantitative estimate of drug-likeness (QED) is 0.545. The molecule has 1 atom stereocenters. The Morgan fingerprint density at radius 2 is 2.04 bits per heavy atom. The second kappa shape index (κ2) is 7.24. The van der Waals surface area contributed by atoms with Gasteiger partial charge in [0.05, 0.1) is 18.1 Å². The zero-order valence-corrected chi connectivity index (χ0v) is 14.5. The third-order valence-corrected chi connectivity index (χ3v) is 5.02. The number of nitrogens with two attached hydrogens (primary N) is 1. The standard InChI is InChI=1S/C14H23N3O5S/c1-10(2)8-14(3,9-15)16-23(20,21)13-6-5-11(17(18)19)7-12(13)22-4/h5-7,10,16H,8-9,15H2,1-4H3. The Labute approximate surface area is 136 Å². The van der Waals surface area contributed by atoms with Gasteiger partial charge in [-0.2, -0.15) is 0 Å². The molecule has 9 heteroatoms. The molecule has 1 aromatic rings. The fraction of sp³-hybridized carbons (Fsp3) is 0.571.